The number of nitrogens with one attached hydrogen (secondary N) is 2. The normalized spacial score (nSPS) is 13.4. The highest BCUT2D eigenvalue weighted by atomic mass is 32.1. The van der Waals surface area contributed by atoms with Gasteiger partial charge in [-0.1, -0.05) is 31.5 Å². The molecule has 0 unspecified atom stereocenters. The number of thiophene rings is 1. The van der Waals surface area contributed by atoms with Crippen LogP contribution in [0.5, 0.6) is 0 Å². The summed E-state index contributed by atoms with van der Waals surface area (Å²) in [7, 11) is 1.43. The van der Waals surface area contributed by atoms with E-state index in [-0.39, 0.29) is 5.97 Å². The summed E-state index contributed by atoms with van der Waals surface area (Å²) in [6.07, 6.45) is 6.35. The minimum atomic E-state index is -0.287. The average Bonchev–Trinajstić information content (AvgIpc) is 2.83. The molecule has 3 rings (SSSR count). The Bertz CT molecular complexity index is 858. The second-order valence-electron chi connectivity index (χ2n) is 6.80. The molecule has 1 aliphatic carbocycles. The van der Waals surface area contributed by atoms with Gasteiger partial charge in [-0.2, -0.15) is 0 Å². The first-order valence-corrected chi connectivity index (χ1v) is 10.7. The van der Waals surface area contributed by atoms with E-state index >= 15 is 0 Å². The molecule has 1 aromatic heterocycles. The number of thiocarbonyl (C=S) groups is 1. The fourth-order valence-electron chi connectivity index (χ4n) is 3.60. The maximum Gasteiger partial charge on any atom is 0.341 e. The largest absolute Gasteiger partial charge is 0.465 e. The zero-order chi connectivity index (χ0) is 19.4. The van der Waals surface area contributed by atoms with Gasteiger partial charge in [0.15, 0.2) is 5.11 Å². The Kier molecular flexibility index (Phi) is 6.50. The monoisotopic (exact) mass is 402 g/mol. The Morgan fingerprint density at radius 2 is 2.00 bits per heavy atom. The van der Waals surface area contributed by atoms with Crippen molar-refractivity contribution in [3.8, 4) is 0 Å². The van der Waals surface area contributed by atoms with Crippen LogP contribution in [0.1, 0.15) is 58.1 Å². The van der Waals surface area contributed by atoms with E-state index in [0.717, 1.165) is 47.5 Å². The molecule has 144 valence electrons. The number of anilines is 2. The third-order valence-electron chi connectivity index (χ3n) is 5.02. The molecular formula is C21H26N2O2S2. The van der Waals surface area contributed by atoms with E-state index in [2.05, 4.69) is 42.7 Å². The van der Waals surface area contributed by atoms with Crippen LogP contribution >= 0.6 is 23.6 Å². The van der Waals surface area contributed by atoms with Crippen LogP contribution in [0.25, 0.3) is 0 Å². The Balaban J connectivity index is 1.87. The fourth-order valence-corrected chi connectivity index (χ4v) is 5.15. The van der Waals surface area contributed by atoms with Gasteiger partial charge in [0.05, 0.1) is 12.7 Å². The van der Waals surface area contributed by atoms with E-state index in [1.807, 2.05) is 0 Å². The number of benzene rings is 1. The molecule has 0 spiro atoms. The second-order valence-corrected chi connectivity index (χ2v) is 8.32. The van der Waals surface area contributed by atoms with Crippen molar-refractivity contribution in [2.45, 2.75) is 52.4 Å². The number of carbonyl (C=O) groups is 1. The highest BCUT2D eigenvalue weighted by Gasteiger charge is 2.25. The van der Waals surface area contributed by atoms with Crippen LogP contribution in [0.4, 0.5) is 10.7 Å². The zero-order valence-electron chi connectivity index (χ0n) is 16.1. The number of rotatable bonds is 4. The van der Waals surface area contributed by atoms with Crippen molar-refractivity contribution in [1.82, 2.24) is 0 Å². The number of esters is 1. The molecule has 0 fully saturated rings. The number of fused-ring (bicyclic) bond motifs is 1. The van der Waals surface area contributed by atoms with Gasteiger partial charge in [0.1, 0.15) is 5.00 Å². The standard InChI is InChI=1S/C21H26N2O2S2/c1-4-14-10-8-9-13(2)18(14)22-21(26)23-19-17(20(24)25-3)15-11-6-5-7-12-16(15)27-19/h8-10H,4-7,11-12H2,1-3H3,(H2,22,23,26). The maximum absolute atomic E-state index is 12.5. The predicted molar refractivity (Wildman–Crippen MR) is 117 cm³/mol. The van der Waals surface area contributed by atoms with E-state index in [0.29, 0.717) is 10.7 Å². The van der Waals surface area contributed by atoms with Crippen LogP contribution in [-0.4, -0.2) is 18.2 Å². The summed E-state index contributed by atoms with van der Waals surface area (Å²) in [6.45, 7) is 4.19. The summed E-state index contributed by atoms with van der Waals surface area (Å²) in [5.41, 5.74) is 5.20. The molecule has 0 bridgehead atoms. The van der Waals surface area contributed by atoms with Gasteiger partial charge in [-0.25, -0.2) is 4.79 Å². The van der Waals surface area contributed by atoms with Crippen molar-refractivity contribution in [2.75, 3.05) is 17.7 Å². The summed E-state index contributed by atoms with van der Waals surface area (Å²) in [6, 6.07) is 6.23. The van der Waals surface area contributed by atoms with E-state index in [1.54, 1.807) is 11.3 Å². The predicted octanol–water partition coefficient (Wildman–Crippen LogP) is 5.48. The number of ether oxygens (including phenoxy) is 1. The van der Waals surface area contributed by atoms with Gasteiger partial charge in [-0.3, -0.25) is 0 Å². The van der Waals surface area contributed by atoms with E-state index in [4.69, 9.17) is 17.0 Å². The lowest BCUT2D eigenvalue weighted by Gasteiger charge is -2.16. The number of para-hydroxylation sites is 1. The van der Waals surface area contributed by atoms with Crippen molar-refractivity contribution in [1.29, 1.82) is 0 Å². The lowest BCUT2D eigenvalue weighted by atomic mass is 10.1. The molecule has 0 atom stereocenters. The van der Waals surface area contributed by atoms with E-state index in [9.17, 15) is 4.79 Å². The van der Waals surface area contributed by atoms with Crippen LogP contribution in [0, 0.1) is 6.92 Å². The highest BCUT2D eigenvalue weighted by molar-refractivity contribution is 7.80. The van der Waals surface area contributed by atoms with Gasteiger partial charge in [-0.05, 0) is 67.9 Å². The molecule has 2 aromatic rings. The van der Waals surface area contributed by atoms with Crippen LogP contribution < -0.4 is 10.6 Å². The summed E-state index contributed by atoms with van der Waals surface area (Å²) in [4.78, 5) is 13.7. The topological polar surface area (TPSA) is 50.4 Å². The second kappa shape index (κ2) is 8.85. The molecular weight excluding hydrogens is 376 g/mol. The van der Waals surface area contributed by atoms with Gasteiger partial charge < -0.3 is 15.4 Å². The molecule has 1 heterocycles. The van der Waals surface area contributed by atoms with Crippen LogP contribution in [0.3, 0.4) is 0 Å². The number of methoxy groups -OCH3 is 1. The van der Waals surface area contributed by atoms with Crippen molar-refractivity contribution in [3.05, 3.63) is 45.3 Å². The average molecular weight is 403 g/mol. The lowest BCUT2D eigenvalue weighted by molar-refractivity contribution is 0.0601. The first-order valence-electron chi connectivity index (χ1n) is 9.44. The minimum Gasteiger partial charge on any atom is -0.465 e. The highest BCUT2D eigenvalue weighted by Crippen LogP contribution is 2.38. The smallest absolute Gasteiger partial charge is 0.341 e. The Hall–Kier alpha value is -1.92. The molecule has 0 amide bonds. The number of hydrogen-bond donors (Lipinski definition) is 2. The SMILES string of the molecule is CCc1cccc(C)c1NC(=S)Nc1sc2c(c1C(=O)OC)CCCCC2. The van der Waals surface area contributed by atoms with Crippen LogP contribution in [-0.2, 0) is 24.0 Å². The fraction of sp³-hybridized carbons (Fsp3) is 0.429. The molecule has 0 saturated carbocycles. The van der Waals surface area contributed by atoms with Gasteiger partial charge >= 0.3 is 5.97 Å². The number of aryl methyl sites for hydroxylation is 3. The van der Waals surface area contributed by atoms with Crippen LogP contribution in [0.2, 0.25) is 0 Å². The molecule has 6 heteroatoms. The van der Waals surface area contributed by atoms with Crippen molar-refractivity contribution < 1.29 is 9.53 Å². The third-order valence-corrected chi connectivity index (χ3v) is 6.43. The summed E-state index contributed by atoms with van der Waals surface area (Å²) >= 11 is 7.20. The van der Waals surface area contributed by atoms with Gasteiger partial charge in [0, 0.05) is 10.6 Å². The molecule has 0 saturated heterocycles. The molecule has 1 aromatic carbocycles. The van der Waals surface area contributed by atoms with Crippen LogP contribution in [0.15, 0.2) is 18.2 Å². The van der Waals surface area contributed by atoms with Gasteiger partial charge in [0.25, 0.3) is 0 Å². The zero-order valence-corrected chi connectivity index (χ0v) is 17.7. The minimum absolute atomic E-state index is 0.287. The molecule has 1 aliphatic rings. The number of carbonyl (C=O) groups excluding carboxylic acids is 1. The first-order chi connectivity index (χ1) is 13.0. The first kappa shape index (κ1) is 19.8. The lowest BCUT2D eigenvalue weighted by Crippen LogP contribution is -2.21. The van der Waals surface area contributed by atoms with E-state index in [1.165, 1.54) is 30.4 Å². The van der Waals surface area contributed by atoms with Crippen molar-refractivity contribution in [3.63, 3.8) is 0 Å². The molecule has 4 nitrogen and oxygen atoms in total. The molecule has 27 heavy (non-hydrogen) atoms. The van der Waals surface area contributed by atoms with Crippen molar-refractivity contribution >= 4 is 45.3 Å². The van der Waals surface area contributed by atoms with Gasteiger partial charge in [-0.15, -0.1) is 11.3 Å². The quantitative estimate of drug-likeness (QED) is 0.403. The molecule has 0 radical (unpaired) electrons. The Labute approximate surface area is 170 Å². The van der Waals surface area contributed by atoms with E-state index < -0.39 is 0 Å². The Morgan fingerprint density at radius 3 is 2.74 bits per heavy atom. The Morgan fingerprint density at radius 1 is 1.22 bits per heavy atom. The maximum atomic E-state index is 12.5. The summed E-state index contributed by atoms with van der Waals surface area (Å²) in [5.74, 6) is -0.287. The third kappa shape index (κ3) is 4.33. The summed E-state index contributed by atoms with van der Waals surface area (Å²) < 4.78 is 5.06. The molecule has 2 N–H and O–H groups in total. The molecule has 0 aliphatic heterocycles. The number of hydrogen-bond acceptors (Lipinski definition) is 4. The van der Waals surface area contributed by atoms with Crippen molar-refractivity contribution in [2.24, 2.45) is 0 Å². The summed E-state index contributed by atoms with van der Waals surface area (Å²) in [5, 5.41) is 7.89. The van der Waals surface area contributed by atoms with Gasteiger partial charge in [0.2, 0.25) is 0 Å².